The average molecular weight is 648 g/mol. The van der Waals surface area contributed by atoms with E-state index < -0.39 is 0 Å². The zero-order chi connectivity index (χ0) is 33.2. The predicted molar refractivity (Wildman–Crippen MR) is 186 cm³/mol. The van der Waals surface area contributed by atoms with E-state index in [9.17, 15) is 9.59 Å². The number of piperidine rings is 1. The molecule has 0 radical (unpaired) electrons. The number of amides is 2. The SMILES string of the molecule is CN1CCC(C(=O)NC2Cc3ccc(-c4ccc(CO[C@H]5CCC[C@@H]5NC(=O)c5cc(-c6cnn(C)c6)cnc5N)cc4)cc3C2)CC1. The smallest absolute Gasteiger partial charge is 0.255 e. The molecule has 3 aliphatic rings. The molecule has 3 atom stereocenters. The molecule has 2 fully saturated rings. The van der Waals surface area contributed by atoms with E-state index in [1.807, 2.05) is 13.2 Å². The zero-order valence-electron chi connectivity index (χ0n) is 27.8. The van der Waals surface area contributed by atoms with Crippen LogP contribution in [0.5, 0.6) is 0 Å². The number of nitrogen functional groups attached to an aromatic ring is 1. The Morgan fingerprint density at radius 3 is 2.42 bits per heavy atom. The van der Waals surface area contributed by atoms with Gasteiger partial charge in [-0.2, -0.15) is 5.10 Å². The molecule has 0 bridgehead atoms. The van der Waals surface area contributed by atoms with Crippen molar-refractivity contribution in [3.63, 3.8) is 0 Å². The molecule has 2 amide bonds. The number of carbonyl (C=O) groups is 2. The number of carbonyl (C=O) groups excluding carboxylic acids is 2. The number of nitrogens with zero attached hydrogens (tertiary/aromatic N) is 4. The van der Waals surface area contributed by atoms with E-state index in [0.717, 1.165) is 80.3 Å². The molecule has 7 rings (SSSR count). The number of likely N-dealkylation sites (tertiary alicyclic amines) is 1. The second-order valence-corrected chi connectivity index (χ2v) is 13.8. The molecule has 1 saturated carbocycles. The third-order valence-corrected chi connectivity index (χ3v) is 10.3. The first-order chi connectivity index (χ1) is 23.3. The Balaban J connectivity index is 0.922. The Kier molecular flexibility index (Phi) is 9.28. The van der Waals surface area contributed by atoms with E-state index in [0.29, 0.717) is 12.2 Å². The minimum atomic E-state index is -0.240. The third-order valence-electron chi connectivity index (χ3n) is 10.3. The van der Waals surface area contributed by atoms with Crippen LogP contribution in [0.1, 0.15) is 59.2 Å². The quantitative estimate of drug-likeness (QED) is 0.244. The molecule has 0 spiro atoms. The number of aryl methyl sites for hydroxylation is 1. The van der Waals surface area contributed by atoms with Crippen LogP contribution in [0, 0.1) is 5.92 Å². The fourth-order valence-electron chi connectivity index (χ4n) is 7.41. The summed E-state index contributed by atoms with van der Waals surface area (Å²) in [5.41, 5.74) is 14.2. The molecule has 4 N–H and O–H groups in total. The van der Waals surface area contributed by atoms with Crippen LogP contribution in [-0.2, 0) is 36.0 Å². The monoisotopic (exact) mass is 647 g/mol. The Hall–Kier alpha value is -4.54. The van der Waals surface area contributed by atoms with E-state index in [-0.39, 0.29) is 41.7 Å². The Labute approximate surface area is 282 Å². The molecular weight excluding hydrogens is 602 g/mol. The molecule has 10 heteroatoms. The lowest BCUT2D eigenvalue weighted by atomic mass is 9.96. The van der Waals surface area contributed by atoms with Crippen molar-refractivity contribution in [2.75, 3.05) is 25.9 Å². The highest BCUT2D eigenvalue weighted by atomic mass is 16.5. The average Bonchev–Trinajstić information content (AvgIpc) is 3.83. The first-order valence-electron chi connectivity index (χ1n) is 17.2. The fourth-order valence-corrected chi connectivity index (χ4v) is 7.41. The highest BCUT2D eigenvalue weighted by molar-refractivity contribution is 5.99. The summed E-state index contributed by atoms with van der Waals surface area (Å²) >= 11 is 0. The molecule has 48 heavy (non-hydrogen) atoms. The van der Waals surface area contributed by atoms with Gasteiger partial charge in [-0.3, -0.25) is 14.3 Å². The summed E-state index contributed by atoms with van der Waals surface area (Å²) in [7, 11) is 3.97. The molecule has 1 aliphatic heterocycles. The number of ether oxygens (including phenoxy) is 1. The van der Waals surface area contributed by atoms with Crippen LogP contribution < -0.4 is 16.4 Å². The fraction of sp³-hybridized carbons (Fsp3) is 0.421. The van der Waals surface area contributed by atoms with Gasteiger partial charge in [-0.15, -0.1) is 0 Å². The Morgan fingerprint density at radius 1 is 0.875 bits per heavy atom. The number of rotatable bonds is 9. The number of aromatic nitrogens is 3. The number of nitrogens with one attached hydrogen (secondary N) is 2. The van der Waals surface area contributed by atoms with Gasteiger partial charge in [0, 0.05) is 42.5 Å². The normalized spacial score (nSPS) is 21.2. The maximum atomic E-state index is 13.3. The van der Waals surface area contributed by atoms with Crippen molar-refractivity contribution in [3.8, 4) is 22.3 Å². The van der Waals surface area contributed by atoms with Crippen molar-refractivity contribution >= 4 is 17.6 Å². The van der Waals surface area contributed by atoms with Crippen molar-refractivity contribution < 1.29 is 14.3 Å². The van der Waals surface area contributed by atoms with Gasteiger partial charge in [0.15, 0.2) is 0 Å². The van der Waals surface area contributed by atoms with Gasteiger partial charge in [-0.1, -0.05) is 42.5 Å². The minimum absolute atomic E-state index is 0.0751. The van der Waals surface area contributed by atoms with E-state index >= 15 is 0 Å². The van der Waals surface area contributed by atoms with Gasteiger partial charge < -0.3 is 26.0 Å². The number of fused-ring (bicyclic) bond motifs is 1. The van der Waals surface area contributed by atoms with E-state index in [4.69, 9.17) is 10.5 Å². The van der Waals surface area contributed by atoms with Crippen molar-refractivity contribution in [2.45, 2.75) is 69.7 Å². The van der Waals surface area contributed by atoms with Gasteiger partial charge in [0.25, 0.3) is 5.91 Å². The molecule has 1 unspecified atom stereocenters. The first-order valence-corrected chi connectivity index (χ1v) is 17.2. The lowest BCUT2D eigenvalue weighted by molar-refractivity contribution is -0.127. The van der Waals surface area contributed by atoms with Crippen molar-refractivity contribution in [2.24, 2.45) is 13.0 Å². The van der Waals surface area contributed by atoms with E-state index in [1.165, 1.54) is 16.7 Å². The van der Waals surface area contributed by atoms with Crippen molar-refractivity contribution in [1.82, 2.24) is 30.3 Å². The van der Waals surface area contributed by atoms with E-state index in [1.54, 1.807) is 23.1 Å². The Morgan fingerprint density at radius 2 is 1.65 bits per heavy atom. The highest BCUT2D eigenvalue weighted by Crippen LogP contribution is 2.30. The standard InChI is InChI=1S/C38H45N7O3/c1-44-14-12-26(13-15-44)37(46)42-32-17-28-11-10-27(16-29(28)18-32)25-8-6-24(7-9-25)23-48-35-5-3-4-34(35)43-38(47)33-19-30(20-40-36(33)39)31-21-41-45(2)22-31/h6-11,16,19-22,26,32,34-35H,3-5,12-15,17-18,23H2,1-2H3,(H2,39,40)(H,42,46)(H,43,47)/t32?,34-,35-/m0/s1. The molecule has 2 aromatic carbocycles. The van der Waals surface area contributed by atoms with E-state index in [2.05, 4.69) is 75.1 Å². The number of pyridine rings is 1. The van der Waals surface area contributed by atoms with Gasteiger partial charge in [0.1, 0.15) is 5.82 Å². The van der Waals surface area contributed by atoms with Crippen LogP contribution in [0.15, 0.2) is 67.1 Å². The predicted octanol–water partition coefficient (Wildman–Crippen LogP) is 4.52. The maximum Gasteiger partial charge on any atom is 0.255 e. The molecule has 1 saturated heterocycles. The second kappa shape index (κ2) is 13.9. The lowest BCUT2D eigenvalue weighted by Crippen LogP contribution is -2.43. The molecular formula is C38H45N7O3. The molecule has 4 aromatic rings. The van der Waals surface area contributed by atoms with Crippen LogP contribution in [0.4, 0.5) is 5.82 Å². The molecule has 10 nitrogen and oxygen atoms in total. The number of hydrogen-bond acceptors (Lipinski definition) is 7. The summed E-state index contributed by atoms with van der Waals surface area (Å²) in [6, 6.07) is 17.1. The molecule has 2 aromatic heterocycles. The van der Waals surface area contributed by atoms with Crippen LogP contribution >= 0.6 is 0 Å². The summed E-state index contributed by atoms with van der Waals surface area (Å²) in [5.74, 6) is 0.322. The summed E-state index contributed by atoms with van der Waals surface area (Å²) < 4.78 is 8.06. The van der Waals surface area contributed by atoms with Gasteiger partial charge >= 0.3 is 0 Å². The van der Waals surface area contributed by atoms with Crippen LogP contribution in [0.3, 0.4) is 0 Å². The zero-order valence-corrected chi connectivity index (χ0v) is 27.8. The maximum absolute atomic E-state index is 13.3. The van der Waals surface area contributed by atoms with Crippen molar-refractivity contribution in [1.29, 1.82) is 0 Å². The number of anilines is 1. The van der Waals surface area contributed by atoms with Crippen LogP contribution in [-0.4, -0.2) is 69.8 Å². The van der Waals surface area contributed by atoms with Gasteiger partial charge in [-0.25, -0.2) is 4.98 Å². The summed E-state index contributed by atoms with van der Waals surface area (Å²) in [4.78, 5) is 32.7. The number of benzene rings is 2. The largest absolute Gasteiger partial charge is 0.383 e. The molecule has 3 heterocycles. The molecule has 250 valence electrons. The first kappa shape index (κ1) is 32.0. The lowest BCUT2D eigenvalue weighted by Gasteiger charge is -2.29. The van der Waals surface area contributed by atoms with Crippen LogP contribution in [0.2, 0.25) is 0 Å². The minimum Gasteiger partial charge on any atom is -0.383 e. The van der Waals surface area contributed by atoms with Gasteiger partial charge in [-0.05, 0) is 99.0 Å². The van der Waals surface area contributed by atoms with Crippen molar-refractivity contribution in [3.05, 3.63) is 89.4 Å². The third kappa shape index (κ3) is 7.15. The van der Waals surface area contributed by atoms with Crippen LogP contribution in [0.25, 0.3) is 22.3 Å². The topological polar surface area (TPSA) is 127 Å². The molecule has 2 aliphatic carbocycles. The summed E-state index contributed by atoms with van der Waals surface area (Å²) in [6.45, 7) is 2.46. The Bertz CT molecular complexity index is 1780. The summed E-state index contributed by atoms with van der Waals surface area (Å²) in [5, 5.41) is 10.7. The van der Waals surface area contributed by atoms with Gasteiger partial charge in [0.05, 0.1) is 30.5 Å². The number of hydrogen-bond donors (Lipinski definition) is 3. The highest BCUT2D eigenvalue weighted by Gasteiger charge is 2.31. The summed E-state index contributed by atoms with van der Waals surface area (Å²) in [6.07, 6.45) is 11.6. The second-order valence-electron chi connectivity index (χ2n) is 13.8. The number of nitrogens with two attached hydrogens (primary N) is 1. The van der Waals surface area contributed by atoms with Gasteiger partial charge in [0.2, 0.25) is 5.91 Å².